The lowest BCUT2D eigenvalue weighted by Gasteiger charge is -2.04. The van der Waals surface area contributed by atoms with Gasteiger partial charge in [0.05, 0.1) is 12.3 Å². The predicted octanol–water partition coefficient (Wildman–Crippen LogP) is 2.85. The molecule has 1 amide bonds. The van der Waals surface area contributed by atoms with E-state index in [1.54, 1.807) is 6.92 Å². The molecule has 0 radical (unpaired) electrons. The molecule has 0 aliphatic heterocycles. The van der Waals surface area contributed by atoms with Crippen LogP contribution in [0.5, 0.6) is 0 Å². The third-order valence-electron chi connectivity index (χ3n) is 2.37. The second-order valence-electron chi connectivity index (χ2n) is 3.84. The molecule has 0 saturated heterocycles. The smallest absolute Gasteiger partial charge is 0.367 e. The molecule has 21 heavy (non-hydrogen) atoms. The molecule has 1 aromatic carbocycles. The molecule has 2 aromatic rings. The van der Waals surface area contributed by atoms with Gasteiger partial charge in [-0.25, -0.2) is 18.6 Å². The van der Waals surface area contributed by atoms with Crippen molar-refractivity contribution in [3.63, 3.8) is 0 Å². The molecular weight excluding hydrogens is 302 g/mol. The SMILES string of the molecule is CCOC(=O)c1nc(C(=O)Nc2ccc(F)cc2F)cs1. The van der Waals surface area contributed by atoms with Crippen molar-refractivity contribution in [3.8, 4) is 0 Å². The summed E-state index contributed by atoms with van der Waals surface area (Å²) in [6, 6.07) is 2.77. The average molecular weight is 312 g/mol. The minimum absolute atomic E-state index is 0.0292. The number of nitrogens with zero attached hydrogens (tertiary/aromatic N) is 1. The van der Waals surface area contributed by atoms with E-state index < -0.39 is 23.5 Å². The molecule has 2 rings (SSSR count). The molecule has 0 spiro atoms. The van der Waals surface area contributed by atoms with Gasteiger partial charge in [-0.05, 0) is 19.1 Å². The van der Waals surface area contributed by atoms with Crippen LogP contribution in [0.2, 0.25) is 0 Å². The van der Waals surface area contributed by atoms with Gasteiger partial charge >= 0.3 is 5.97 Å². The zero-order chi connectivity index (χ0) is 15.4. The standard InChI is InChI=1S/C13H10F2N2O3S/c1-2-20-13(19)12-17-10(6-21-12)11(18)16-9-4-3-7(14)5-8(9)15/h3-6H,2H2,1H3,(H,16,18). The number of benzene rings is 1. The monoisotopic (exact) mass is 312 g/mol. The van der Waals surface area contributed by atoms with Crippen LogP contribution in [0.15, 0.2) is 23.6 Å². The van der Waals surface area contributed by atoms with E-state index in [0.717, 1.165) is 23.5 Å². The van der Waals surface area contributed by atoms with Crippen LogP contribution in [0.25, 0.3) is 0 Å². The first-order valence-corrected chi connectivity index (χ1v) is 6.78. The lowest BCUT2D eigenvalue weighted by molar-refractivity contribution is 0.0526. The number of ether oxygens (including phenoxy) is 1. The fourth-order valence-corrected chi connectivity index (χ4v) is 2.13. The van der Waals surface area contributed by atoms with Crippen molar-refractivity contribution < 1.29 is 23.1 Å². The highest BCUT2D eigenvalue weighted by Crippen LogP contribution is 2.17. The summed E-state index contributed by atoms with van der Waals surface area (Å²) in [6.45, 7) is 1.84. The number of carbonyl (C=O) groups excluding carboxylic acids is 2. The van der Waals surface area contributed by atoms with Crippen LogP contribution in [-0.2, 0) is 4.74 Å². The number of hydrogen-bond donors (Lipinski definition) is 1. The quantitative estimate of drug-likeness (QED) is 0.882. The van der Waals surface area contributed by atoms with E-state index in [-0.39, 0.29) is 23.0 Å². The van der Waals surface area contributed by atoms with Crippen LogP contribution in [0.3, 0.4) is 0 Å². The number of aromatic nitrogens is 1. The number of rotatable bonds is 4. The number of hydrogen-bond acceptors (Lipinski definition) is 5. The van der Waals surface area contributed by atoms with Gasteiger partial charge in [0.25, 0.3) is 5.91 Å². The summed E-state index contributed by atoms with van der Waals surface area (Å²) < 4.78 is 30.9. The third-order valence-corrected chi connectivity index (χ3v) is 3.19. The molecule has 5 nitrogen and oxygen atoms in total. The van der Waals surface area contributed by atoms with Crippen LogP contribution in [0, 0.1) is 11.6 Å². The summed E-state index contributed by atoms with van der Waals surface area (Å²) in [5.74, 6) is -2.98. The molecule has 0 unspecified atom stereocenters. The normalized spacial score (nSPS) is 10.2. The summed E-state index contributed by atoms with van der Waals surface area (Å²) in [5, 5.41) is 3.63. The van der Waals surface area contributed by atoms with Crippen molar-refractivity contribution in [2.24, 2.45) is 0 Å². The highest BCUT2D eigenvalue weighted by molar-refractivity contribution is 7.11. The van der Waals surface area contributed by atoms with Crippen LogP contribution >= 0.6 is 11.3 Å². The summed E-state index contributed by atoms with van der Waals surface area (Å²) >= 11 is 0.943. The molecule has 0 saturated carbocycles. The van der Waals surface area contributed by atoms with Gasteiger partial charge in [-0.1, -0.05) is 0 Å². The summed E-state index contributed by atoms with van der Waals surface area (Å²) in [5.41, 5.74) is -0.223. The Morgan fingerprint density at radius 2 is 2.14 bits per heavy atom. The number of nitrogens with one attached hydrogen (secondary N) is 1. The van der Waals surface area contributed by atoms with Crippen molar-refractivity contribution in [1.82, 2.24) is 4.98 Å². The van der Waals surface area contributed by atoms with Gasteiger partial charge in [0, 0.05) is 11.4 Å². The Balaban J connectivity index is 2.12. The van der Waals surface area contributed by atoms with E-state index in [2.05, 4.69) is 10.3 Å². The lowest BCUT2D eigenvalue weighted by Crippen LogP contribution is -2.14. The predicted molar refractivity (Wildman–Crippen MR) is 72.4 cm³/mol. The fourth-order valence-electron chi connectivity index (χ4n) is 1.44. The molecule has 110 valence electrons. The number of esters is 1. The van der Waals surface area contributed by atoms with Crippen LogP contribution in [0.1, 0.15) is 27.2 Å². The molecule has 0 aliphatic rings. The molecule has 1 heterocycles. The van der Waals surface area contributed by atoms with Crippen molar-refractivity contribution in [2.75, 3.05) is 11.9 Å². The van der Waals surface area contributed by atoms with Crippen molar-refractivity contribution in [3.05, 3.63) is 45.9 Å². The Hall–Kier alpha value is -2.35. The van der Waals surface area contributed by atoms with Crippen LogP contribution in [-0.4, -0.2) is 23.5 Å². The van der Waals surface area contributed by atoms with Crippen LogP contribution in [0.4, 0.5) is 14.5 Å². The molecule has 0 atom stereocenters. The highest BCUT2D eigenvalue weighted by atomic mass is 32.1. The summed E-state index contributed by atoms with van der Waals surface area (Å²) in [6.07, 6.45) is 0. The maximum atomic E-state index is 13.4. The number of amides is 1. The van der Waals surface area contributed by atoms with Gasteiger partial charge < -0.3 is 10.1 Å². The lowest BCUT2D eigenvalue weighted by atomic mass is 10.3. The van der Waals surface area contributed by atoms with Gasteiger partial charge in [0.1, 0.15) is 17.3 Å². The minimum atomic E-state index is -0.899. The van der Waals surface area contributed by atoms with Crippen molar-refractivity contribution in [1.29, 1.82) is 0 Å². The van der Waals surface area contributed by atoms with E-state index in [1.807, 2.05) is 0 Å². The zero-order valence-electron chi connectivity index (χ0n) is 10.9. The average Bonchev–Trinajstić information content (AvgIpc) is 2.92. The van der Waals surface area contributed by atoms with Gasteiger partial charge in [-0.2, -0.15) is 0 Å². The molecule has 0 fully saturated rings. The number of anilines is 1. The molecule has 0 aliphatic carbocycles. The van der Waals surface area contributed by atoms with E-state index in [0.29, 0.717) is 6.07 Å². The zero-order valence-corrected chi connectivity index (χ0v) is 11.7. The largest absolute Gasteiger partial charge is 0.461 e. The van der Waals surface area contributed by atoms with Crippen molar-refractivity contribution in [2.45, 2.75) is 6.92 Å². The summed E-state index contributed by atoms with van der Waals surface area (Å²) in [7, 11) is 0. The Kier molecular flexibility index (Phi) is 4.59. The molecule has 8 heteroatoms. The Labute approximate surface area is 122 Å². The molecule has 0 bridgehead atoms. The van der Waals surface area contributed by atoms with Gasteiger partial charge in [-0.15, -0.1) is 11.3 Å². The maximum Gasteiger partial charge on any atom is 0.367 e. The highest BCUT2D eigenvalue weighted by Gasteiger charge is 2.17. The second kappa shape index (κ2) is 6.40. The number of thiazole rings is 1. The number of halogens is 2. The van der Waals surface area contributed by atoms with E-state index in [1.165, 1.54) is 5.38 Å². The summed E-state index contributed by atoms with van der Waals surface area (Å²) in [4.78, 5) is 27.1. The Morgan fingerprint density at radius 1 is 1.38 bits per heavy atom. The Bertz CT molecular complexity index is 688. The third kappa shape index (κ3) is 3.60. The maximum absolute atomic E-state index is 13.4. The Morgan fingerprint density at radius 3 is 2.81 bits per heavy atom. The second-order valence-corrected chi connectivity index (χ2v) is 4.69. The minimum Gasteiger partial charge on any atom is -0.461 e. The van der Waals surface area contributed by atoms with Crippen molar-refractivity contribution >= 4 is 28.9 Å². The van der Waals surface area contributed by atoms with E-state index in [9.17, 15) is 18.4 Å². The van der Waals surface area contributed by atoms with Gasteiger partial charge in [0.2, 0.25) is 5.01 Å². The first kappa shape index (κ1) is 15.0. The topological polar surface area (TPSA) is 68.3 Å². The van der Waals surface area contributed by atoms with E-state index >= 15 is 0 Å². The molecular formula is C13H10F2N2O3S. The van der Waals surface area contributed by atoms with Crippen LogP contribution < -0.4 is 5.32 Å². The molecule has 1 aromatic heterocycles. The fraction of sp³-hybridized carbons (Fsp3) is 0.154. The first-order chi connectivity index (χ1) is 10.0. The number of carbonyl (C=O) groups is 2. The molecule has 1 N–H and O–H groups in total. The van der Waals surface area contributed by atoms with E-state index in [4.69, 9.17) is 4.74 Å². The first-order valence-electron chi connectivity index (χ1n) is 5.90. The van der Waals surface area contributed by atoms with Gasteiger partial charge in [-0.3, -0.25) is 4.79 Å². The van der Waals surface area contributed by atoms with Gasteiger partial charge in [0.15, 0.2) is 0 Å².